The monoisotopic (exact) mass is 562 g/mol. The molecule has 2 N–H and O–H groups in total. The number of non-ortho nitro benzene ring substituents is 1. The van der Waals surface area contributed by atoms with E-state index < -0.39 is 4.92 Å². The van der Waals surface area contributed by atoms with Crippen LogP contribution in [-0.2, 0) is 4.79 Å². The van der Waals surface area contributed by atoms with Gasteiger partial charge in [0.25, 0.3) is 11.2 Å². The summed E-state index contributed by atoms with van der Waals surface area (Å²) in [6, 6.07) is 26.3. The van der Waals surface area contributed by atoms with E-state index in [2.05, 4.69) is 15.3 Å². The molecule has 11 heteroatoms. The van der Waals surface area contributed by atoms with Crippen LogP contribution in [0.15, 0.2) is 101 Å². The summed E-state index contributed by atoms with van der Waals surface area (Å²) in [5.41, 5.74) is 4.64. The topological polar surface area (TPSA) is 136 Å². The first-order valence-electron chi connectivity index (χ1n) is 12.6. The first-order chi connectivity index (χ1) is 19.9. The average Bonchev–Trinajstić information content (AvgIpc) is 3.41. The smallest absolute Gasteiger partial charge is 0.271 e. The molecule has 0 atom stereocenters. The third-order valence-electron chi connectivity index (χ3n) is 6.49. The number of para-hydroxylation sites is 1. The lowest BCUT2D eigenvalue weighted by atomic mass is 10.2. The summed E-state index contributed by atoms with van der Waals surface area (Å²) in [7, 11) is 0. The van der Waals surface area contributed by atoms with Gasteiger partial charge in [-0.15, -0.1) is 0 Å². The molecule has 0 spiro atoms. The summed E-state index contributed by atoms with van der Waals surface area (Å²) in [5, 5.41) is 14.9. The lowest BCUT2D eigenvalue weighted by molar-refractivity contribution is -0.384. The highest BCUT2D eigenvalue weighted by Gasteiger charge is 2.15. The summed E-state index contributed by atoms with van der Waals surface area (Å²) in [6.07, 6.45) is 0. The van der Waals surface area contributed by atoms with E-state index in [0.29, 0.717) is 44.3 Å². The number of nitro groups is 1. The molecule has 4 aromatic carbocycles. The molecule has 0 saturated heterocycles. The minimum absolute atomic E-state index is 0.0154. The predicted molar refractivity (Wildman–Crippen MR) is 160 cm³/mol. The zero-order valence-electron chi connectivity index (χ0n) is 21.7. The number of aryl methyl sites for hydroxylation is 1. The van der Waals surface area contributed by atoms with Gasteiger partial charge in [0.1, 0.15) is 5.82 Å². The number of benzene rings is 4. The number of aromatic nitrogens is 4. The summed E-state index contributed by atoms with van der Waals surface area (Å²) >= 11 is 1.18. The highest BCUT2D eigenvalue weighted by Crippen LogP contribution is 2.26. The van der Waals surface area contributed by atoms with E-state index in [0.717, 1.165) is 11.1 Å². The van der Waals surface area contributed by atoms with Gasteiger partial charge >= 0.3 is 0 Å². The first-order valence-corrected chi connectivity index (χ1v) is 13.6. The van der Waals surface area contributed by atoms with Crippen LogP contribution in [0.1, 0.15) is 5.56 Å². The molecule has 0 aliphatic heterocycles. The fourth-order valence-electron chi connectivity index (χ4n) is 4.42. The molecule has 2 heterocycles. The van der Waals surface area contributed by atoms with E-state index in [4.69, 9.17) is 4.98 Å². The summed E-state index contributed by atoms with van der Waals surface area (Å²) in [4.78, 5) is 49.2. The van der Waals surface area contributed by atoms with Crippen LogP contribution in [0.5, 0.6) is 0 Å². The number of carbonyl (C=O) groups is 1. The third-order valence-corrected chi connectivity index (χ3v) is 7.43. The van der Waals surface area contributed by atoms with Gasteiger partial charge < -0.3 is 10.3 Å². The number of H-pyrrole nitrogens is 1. The number of thioether (sulfide) groups is 1. The molecule has 202 valence electrons. The third kappa shape index (κ3) is 5.30. The van der Waals surface area contributed by atoms with E-state index >= 15 is 0 Å². The minimum Gasteiger partial charge on any atom is -0.338 e. The number of nitro benzene ring substituents is 1. The highest BCUT2D eigenvalue weighted by molar-refractivity contribution is 7.99. The molecule has 2 aromatic heterocycles. The number of rotatable bonds is 7. The second-order valence-corrected chi connectivity index (χ2v) is 10.3. The van der Waals surface area contributed by atoms with Gasteiger partial charge in [-0.3, -0.25) is 24.3 Å². The largest absolute Gasteiger partial charge is 0.338 e. The van der Waals surface area contributed by atoms with Crippen molar-refractivity contribution in [3.05, 3.63) is 117 Å². The van der Waals surface area contributed by atoms with Crippen molar-refractivity contribution in [3.8, 4) is 17.1 Å². The number of amides is 1. The summed E-state index contributed by atoms with van der Waals surface area (Å²) < 4.78 is 1.54. The zero-order chi connectivity index (χ0) is 28.5. The predicted octanol–water partition coefficient (Wildman–Crippen LogP) is 5.88. The lowest BCUT2D eigenvalue weighted by Crippen LogP contribution is -2.23. The van der Waals surface area contributed by atoms with Crippen LogP contribution >= 0.6 is 11.8 Å². The van der Waals surface area contributed by atoms with Crippen molar-refractivity contribution in [2.75, 3.05) is 11.1 Å². The van der Waals surface area contributed by atoms with Gasteiger partial charge in [-0.25, -0.2) is 9.97 Å². The number of hydrogen-bond acceptors (Lipinski definition) is 7. The standard InChI is InChI=1S/C30H22N6O4S/c1-18-6-12-21(13-7-18)35-29(38)23-4-2-3-5-24(23)34-30(35)41-17-27(37)31-20-10-8-19(9-11-20)28-32-25-15-14-22(36(39)40)16-26(25)33-28/h2-16H,17H2,1H3,(H,31,37)(H,32,33). The highest BCUT2D eigenvalue weighted by atomic mass is 32.2. The average molecular weight is 563 g/mol. The number of nitrogens with zero attached hydrogens (tertiary/aromatic N) is 4. The Kier molecular flexibility index (Phi) is 6.78. The minimum atomic E-state index is -0.451. The molecule has 0 fully saturated rings. The lowest BCUT2D eigenvalue weighted by Gasteiger charge is -2.13. The molecule has 6 aromatic rings. The Balaban J connectivity index is 1.19. The molecule has 0 bridgehead atoms. The molecule has 0 radical (unpaired) electrons. The molecule has 0 saturated carbocycles. The molecule has 1 amide bonds. The fraction of sp³-hybridized carbons (Fsp3) is 0.0667. The van der Waals surface area contributed by atoms with Crippen molar-refractivity contribution in [1.29, 1.82) is 0 Å². The Bertz CT molecular complexity index is 2000. The van der Waals surface area contributed by atoms with Crippen molar-refractivity contribution >= 4 is 51.0 Å². The van der Waals surface area contributed by atoms with Gasteiger partial charge in [0.15, 0.2) is 5.16 Å². The molecule has 10 nitrogen and oxygen atoms in total. The molecular weight excluding hydrogens is 540 g/mol. The van der Waals surface area contributed by atoms with Crippen LogP contribution in [0.3, 0.4) is 0 Å². The van der Waals surface area contributed by atoms with E-state index in [9.17, 15) is 19.7 Å². The SMILES string of the molecule is Cc1ccc(-n2c(SCC(=O)Nc3ccc(-c4nc5ccc([N+](=O)[O-])cc5[nH]4)cc3)nc3ccccc3c2=O)cc1. The van der Waals surface area contributed by atoms with E-state index in [1.54, 1.807) is 48.5 Å². The Morgan fingerprint density at radius 2 is 1.73 bits per heavy atom. The zero-order valence-corrected chi connectivity index (χ0v) is 22.5. The number of imidazole rings is 1. The van der Waals surface area contributed by atoms with Crippen LogP contribution in [0.25, 0.3) is 39.0 Å². The summed E-state index contributed by atoms with van der Waals surface area (Å²) in [5.74, 6) is 0.350. The van der Waals surface area contributed by atoms with Gasteiger partial charge in [-0.1, -0.05) is 41.6 Å². The van der Waals surface area contributed by atoms with Crippen LogP contribution in [-0.4, -0.2) is 36.1 Å². The second kappa shape index (κ2) is 10.7. The van der Waals surface area contributed by atoms with Crippen molar-refractivity contribution in [2.45, 2.75) is 12.1 Å². The quantitative estimate of drug-likeness (QED) is 0.107. The molecule has 0 aliphatic rings. The van der Waals surface area contributed by atoms with Crippen molar-refractivity contribution < 1.29 is 9.72 Å². The molecule has 0 unspecified atom stereocenters. The van der Waals surface area contributed by atoms with Crippen LogP contribution < -0.4 is 10.9 Å². The molecule has 41 heavy (non-hydrogen) atoms. The van der Waals surface area contributed by atoms with E-state index in [1.807, 2.05) is 37.3 Å². The number of fused-ring (bicyclic) bond motifs is 2. The molecule has 0 aliphatic carbocycles. The van der Waals surface area contributed by atoms with Gasteiger partial charge in [0.05, 0.1) is 38.3 Å². The van der Waals surface area contributed by atoms with E-state index in [1.165, 1.54) is 28.5 Å². The number of hydrogen-bond donors (Lipinski definition) is 2. The second-order valence-electron chi connectivity index (χ2n) is 9.35. The molecule has 6 rings (SSSR count). The van der Waals surface area contributed by atoms with E-state index in [-0.39, 0.29) is 22.9 Å². The normalized spacial score (nSPS) is 11.1. The van der Waals surface area contributed by atoms with Crippen molar-refractivity contribution in [3.63, 3.8) is 0 Å². The van der Waals surface area contributed by atoms with Crippen LogP contribution in [0.2, 0.25) is 0 Å². The fourth-order valence-corrected chi connectivity index (χ4v) is 5.23. The van der Waals surface area contributed by atoms with Gasteiger partial charge in [-0.05, 0) is 61.5 Å². The number of aromatic amines is 1. The Labute approximate surface area is 237 Å². The van der Waals surface area contributed by atoms with Crippen molar-refractivity contribution in [2.24, 2.45) is 0 Å². The van der Waals surface area contributed by atoms with Crippen LogP contribution in [0, 0.1) is 17.0 Å². The Morgan fingerprint density at radius 1 is 0.976 bits per heavy atom. The van der Waals surface area contributed by atoms with Gasteiger partial charge in [-0.2, -0.15) is 0 Å². The Morgan fingerprint density at radius 3 is 2.49 bits per heavy atom. The maximum Gasteiger partial charge on any atom is 0.271 e. The summed E-state index contributed by atoms with van der Waals surface area (Å²) in [6.45, 7) is 1.97. The molecular formula is C30H22N6O4S. The number of anilines is 1. The first kappa shape index (κ1) is 26.0. The number of nitrogens with one attached hydrogen (secondary N) is 2. The maximum atomic E-state index is 13.4. The Hall–Kier alpha value is -5.29. The van der Waals surface area contributed by atoms with Crippen molar-refractivity contribution in [1.82, 2.24) is 19.5 Å². The maximum absolute atomic E-state index is 13.4. The van der Waals surface area contributed by atoms with Crippen LogP contribution in [0.4, 0.5) is 11.4 Å². The van der Waals surface area contributed by atoms with Gasteiger partial charge in [0, 0.05) is 23.4 Å². The number of carbonyl (C=O) groups excluding carboxylic acids is 1. The van der Waals surface area contributed by atoms with Gasteiger partial charge in [0.2, 0.25) is 5.91 Å².